The number of likely N-dealkylation sites (N-methyl/N-ethyl adjacent to an activating group) is 1. The largest absolute Gasteiger partial charge is 0.480 e. The van der Waals surface area contributed by atoms with Crippen molar-refractivity contribution < 1.29 is 14.7 Å². The molecule has 2 rings (SSSR count). The van der Waals surface area contributed by atoms with Gasteiger partial charge in [0.2, 0.25) is 0 Å². The molecular weight excluding hydrogens is 296 g/mol. The summed E-state index contributed by atoms with van der Waals surface area (Å²) in [5.74, 6) is -0.863. The first-order valence-corrected chi connectivity index (χ1v) is 7.16. The van der Waals surface area contributed by atoms with Gasteiger partial charge >= 0.3 is 5.97 Å². The van der Waals surface area contributed by atoms with E-state index in [0.29, 0.717) is 11.4 Å². The number of carbonyl (C=O) groups is 2. The lowest BCUT2D eigenvalue weighted by Gasteiger charge is -2.31. The Balaban J connectivity index is 2.28. The average molecular weight is 316 g/mol. The monoisotopic (exact) mass is 316 g/mol. The van der Waals surface area contributed by atoms with Crippen molar-refractivity contribution in [1.82, 2.24) is 19.7 Å². The van der Waals surface area contributed by atoms with Gasteiger partial charge in [-0.15, -0.1) is 0 Å². The Morgan fingerprint density at radius 3 is 2.35 bits per heavy atom. The van der Waals surface area contributed by atoms with Gasteiger partial charge in [0, 0.05) is 18.9 Å². The molecule has 0 aromatic carbocycles. The van der Waals surface area contributed by atoms with Crippen molar-refractivity contribution in [2.45, 2.75) is 33.2 Å². The van der Waals surface area contributed by atoms with Crippen molar-refractivity contribution in [2.75, 3.05) is 7.05 Å². The molecule has 0 bridgehead atoms. The molecule has 0 spiro atoms. The van der Waals surface area contributed by atoms with Crippen molar-refractivity contribution in [3.8, 4) is 5.82 Å². The lowest BCUT2D eigenvalue weighted by atomic mass is 10.0. The van der Waals surface area contributed by atoms with Crippen LogP contribution in [0.25, 0.3) is 5.82 Å². The number of carboxylic acids is 1. The van der Waals surface area contributed by atoms with E-state index in [-0.39, 0.29) is 0 Å². The van der Waals surface area contributed by atoms with E-state index in [0.717, 1.165) is 11.4 Å². The van der Waals surface area contributed by atoms with Crippen LogP contribution in [0.15, 0.2) is 24.4 Å². The van der Waals surface area contributed by atoms with E-state index in [1.165, 1.54) is 32.0 Å². The zero-order chi connectivity index (χ0) is 17.4. The molecule has 2 aromatic heterocycles. The number of amides is 1. The number of aliphatic carboxylic acids is 1. The Hall–Kier alpha value is -2.70. The maximum Gasteiger partial charge on any atom is 0.329 e. The zero-order valence-corrected chi connectivity index (χ0v) is 13.9. The lowest BCUT2D eigenvalue weighted by Crippen LogP contribution is -2.50. The first-order valence-electron chi connectivity index (χ1n) is 7.16. The fourth-order valence-corrected chi connectivity index (χ4v) is 2.09. The van der Waals surface area contributed by atoms with Crippen molar-refractivity contribution in [1.29, 1.82) is 0 Å². The third-order valence-corrected chi connectivity index (χ3v) is 3.89. The number of carboxylic acid groups (broad SMARTS) is 1. The number of aryl methyl sites for hydroxylation is 2. The van der Waals surface area contributed by atoms with E-state index in [4.69, 9.17) is 0 Å². The first kappa shape index (κ1) is 16.7. The second-order valence-electron chi connectivity index (χ2n) is 5.97. The fraction of sp³-hybridized carbons (Fsp3) is 0.375. The SMILES string of the molecule is Cc1cc(C)n(-c2ccc(C(=O)N(C)C(C)(C)C(=O)O)cn2)n1. The van der Waals surface area contributed by atoms with Crippen LogP contribution in [0.2, 0.25) is 0 Å². The van der Waals surface area contributed by atoms with E-state index in [1.807, 2.05) is 19.9 Å². The number of nitrogens with zero attached hydrogens (tertiary/aromatic N) is 4. The molecule has 0 unspecified atom stereocenters. The summed E-state index contributed by atoms with van der Waals surface area (Å²) in [6.07, 6.45) is 1.43. The number of hydrogen-bond acceptors (Lipinski definition) is 4. The number of aromatic nitrogens is 3. The fourth-order valence-electron chi connectivity index (χ4n) is 2.09. The van der Waals surface area contributed by atoms with E-state index < -0.39 is 17.4 Å². The quantitative estimate of drug-likeness (QED) is 0.929. The van der Waals surface area contributed by atoms with Crippen LogP contribution in [0.5, 0.6) is 0 Å². The van der Waals surface area contributed by atoms with E-state index >= 15 is 0 Å². The third-order valence-electron chi connectivity index (χ3n) is 3.89. The van der Waals surface area contributed by atoms with Gasteiger partial charge in [-0.05, 0) is 45.9 Å². The molecule has 0 aliphatic carbocycles. The third kappa shape index (κ3) is 3.08. The summed E-state index contributed by atoms with van der Waals surface area (Å²) >= 11 is 0. The maximum absolute atomic E-state index is 12.4. The molecule has 0 aliphatic rings. The predicted octanol–water partition coefficient (Wildman–Crippen LogP) is 1.82. The molecule has 0 fully saturated rings. The summed E-state index contributed by atoms with van der Waals surface area (Å²) in [5, 5.41) is 13.5. The molecule has 23 heavy (non-hydrogen) atoms. The van der Waals surface area contributed by atoms with Gasteiger partial charge in [-0.1, -0.05) is 0 Å². The molecule has 7 heteroatoms. The summed E-state index contributed by atoms with van der Waals surface area (Å²) in [5.41, 5.74) is 0.850. The first-order chi connectivity index (χ1) is 10.6. The molecule has 2 heterocycles. The molecule has 0 saturated carbocycles. The van der Waals surface area contributed by atoms with Gasteiger partial charge in [0.15, 0.2) is 5.82 Å². The van der Waals surface area contributed by atoms with Crippen LogP contribution in [-0.4, -0.2) is 49.2 Å². The normalized spacial score (nSPS) is 11.3. The Bertz CT molecular complexity index is 747. The van der Waals surface area contributed by atoms with E-state index in [1.54, 1.807) is 16.8 Å². The zero-order valence-electron chi connectivity index (χ0n) is 13.9. The van der Waals surface area contributed by atoms with Crippen LogP contribution in [0.1, 0.15) is 35.6 Å². The molecule has 1 N–H and O–H groups in total. The highest BCUT2D eigenvalue weighted by atomic mass is 16.4. The van der Waals surface area contributed by atoms with Crippen LogP contribution in [0, 0.1) is 13.8 Å². The van der Waals surface area contributed by atoms with Crippen LogP contribution in [0.4, 0.5) is 0 Å². The Kier molecular flexibility index (Phi) is 4.22. The van der Waals surface area contributed by atoms with Gasteiger partial charge in [-0.3, -0.25) is 4.79 Å². The van der Waals surface area contributed by atoms with E-state index in [9.17, 15) is 14.7 Å². The van der Waals surface area contributed by atoms with Crippen molar-refractivity contribution >= 4 is 11.9 Å². The summed E-state index contributed by atoms with van der Waals surface area (Å²) in [6.45, 7) is 6.77. The van der Waals surface area contributed by atoms with Crippen molar-refractivity contribution in [2.24, 2.45) is 0 Å². The molecule has 7 nitrogen and oxygen atoms in total. The average Bonchev–Trinajstić information content (AvgIpc) is 2.84. The predicted molar refractivity (Wildman–Crippen MR) is 84.6 cm³/mol. The minimum absolute atomic E-state index is 0.326. The molecule has 0 radical (unpaired) electrons. The van der Waals surface area contributed by atoms with Gasteiger partial charge in [-0.2, -0.15) is 5.10 Å². The number of rotatable bonds is 4. The summed E-state index contributed by atoms with van der Waals surface area (Å²) in [6, 6.07) is 5.24. The highest BCUT2D eigenvalue weighted by Crippen LogP contribution is 2.17. The van der Waals surface area contributed by atoms with Gasteiger partial charge in [0.25, 0.3) is 5.91 Å². The van der Waals surface area contributed by atoms with Crippen molar-refractivity contribution in [3.63, 3.8) is 0 Å². The molecule has 0 atom stereocenters. The van der Waals surface area contributed by atoms with Gasteiger partial charge in [-0.25, -0.2) is 14.5 Å². The minimum atomic E-state index is -1.30. The molecular formula is C16H20N4O3. The smallest absolute Gasteiger partial charge is 0.329 e. The molecule has 0 aliphatic heterocycles. The Labute approximate surface area is 134 Å². The summed E-state index contributed by atoms with van der Waals surface area (Å²) in [4.78, 5) is 29.1. The van der Waals surface area contributed by atoms with E-state index in [2.05, 4.69) is 10.1 Å². The van der Waals surface area contributed by atoms with Crippen LogP contribution >= 0.6 is 0 Å². The van der Waals surface area contributed by atoms with Gasteiger partial charge in [0.1, 0.15) is 5.54 Å². The molecule has 0 saturated heterocycles. The number of carbonyl (C=O) groups excluding carboxylic acids is 1. The highest BCUT2D eigenvalue weighted by Gasteiger charge is 2.35. The standard InChI is InChI=1S/C16H20N4O3/c1-10-8-11(2)20(18-10)13-7-6-12(9-17-13)14(21)19(5)16(3,4)15(22)23/h6-9H,1-5H3,(H,22,23). The Morgan fingerprint density at radius 2 is 1.91 bits per heavy atom. The summed E-state index contributed by atoms with van der Waals surface area (Å²) < 4.78 is 1.69. The minimum Gasteiger partial charge on any atom is -0.480 e. The van der Waals surface area contributed by atoms with Crippen LogP contribution in [0.3, 0.4) is 0 Å². The second-order valence-corrected chi connectivity index (χ2v) is 5.97. The Morgan fingerprint density at radius 1 is 1.26 bits per heavy atom. The maximum atomic E-state index is 12.4. The lowest BCUT2D eigenvalue weighted by molar-refractivity contribution is -0.147. The number of pyridine rings is 1. The topological polar surface area (TPSA) is 88.3 Å². The van der Waals surface area contributed by atoms with Crippen molar-refractivity contribution in [3.05, 3.63) is 41.3 Å². The molecule has 1 amide bonds. The van der Waals surface area contributed by atoms with Crippen LogP contribution in [-0.2, 0) is 4.79 Å². The van der Waals surface area contributed by atoms with Gasteiger partial charge < -0.3 is 10.0 Å². The highest BCUT2D eigenvalue weighted by molar-refractivity contribution is 5.97. The summed E-state index contributed by atoms with van der Waals surface area (Å²) in [7, 11) is 1.46. The number of hydrogen-bond donors (Lipinski definition) is 1. The molecule has 122 valence electrons. The van der Waals surface area contributed by atoms with Crippen LogP contribution < -0.4 is 0 Å². The second kappa shape index (κ2) is 5.83. The van der Waals surface area contributed by atoms with Gasteiger partial charge in [0.05, 0.1) is 11.3 Å². The molecule has 2 aromatic rings.